The van der Waals surface area contributed by atoms with E-state index < -0.39 is 0 Å². The third kappa shape index (κ3) is 6.19. The van der Waals surface area contributed by atoms with Gasteiger partial charge in [-0.2, -0.15) is 0 Å². The summed E-state index contributed by atoms with van der Waals surface area (Å²) in [6.45, 7) is 5.67. The Bertz CT molecular complexity index is 1710. The highest BCUT2D eigenvalue weighted by atomic mass is 16.5. The Morgan fingerprint density at radius 2 is 1.65 bits per heavy atom. The Morgan fingerprint density at radius 3 is 2.46 bits per heavy atom. The van der Waals surface area contributed by atoms with E-state index in [4.69, 9.17) is 14.2 Å². The summed E-state index contributed by atoms with van der Waals surface area (Å²) in [6.07, 6.45) is 3.63. The first-order valence-corrected chi connectivity index (χ1v) is 16.4. The fraction of sp³-hybridized carbons (Fsp3) is 0.368. The topological polar surface area (TPSA) is 73.2 Å². The molecule has 238 valence electrons. The molecule has 3 aliphatic rings. The SMILES string of the molecule is COC(=O)c1cc(-c2ccc(OCc3ccccc3)cc2C(=O)N2Cc3ccccc3C[C@H]2CN2CCOCC2)n2c1CCCC2. The molecule has 1 atom stereocenters. The zero-order chi connectivity index (χ0) is 31.5. The molecule has 8 heteroatoms. The maximum atomic E-state index is 15.0. The first-order valence-electron chi connectivity index (χ1n) is 16.4. The Morgan fingerprint density at radius 1 is 0.870 bits per heavy atom. The van der Waals surface area contributed by atoms with E-state index >= 15 is 0 Å². The monoisotopic (exact) mass is 619 g/mol. The van der Waals surface area contributed by atoms with E-state index in [2.05, 4.69) is 38.6 Å². The number of fused-ring (bicyclic) bond motifs is 2. The normalized spacial score (nSPS) is 18.0. The molecular weight excluding hydrogens is 578 g/mol. The van der Waals surface area contributed by atoms with Crippen LogP contribution in [0.1, 0.15) is 55.9 Å². The molecule has 0 unspecified atom stereocenters. The minimum Gasteiger partial charge on any atom is -0.489 e. The summed E-state index contributed by atoms with van der Waals surface area (Å²) in [5.74, 6) is 0.265. The summed E-state index contributed by atoms with van der Waals surface area (Å²) in [5, 5.41) is 0. The summed E-state index contributed by atoms with van der Waals surface area (Å²) < 4.78 is 19.3. The molecule has 4 aromatic rings. The molecule has 0 spiro atoms. The van der Waals surface area contributed by atoms with Crippen LogP contribution < -0.4 is 4.74 Å². The smallest absolute Gasteiger partial charge is 0.339 e. The summed E-state index contributed by atoms with van der Waals surface area (Å²) in [7, 11) is 1.42. The van der Waals surface area contributed by atoms with Crippen LogP contribution in [0, 0.1) is 0 Å². The van der Waals surface area contributed by atoms with Crippen LogP contribution in [0.5, 0.6) is 5.75 Å². The van der Waals surface area contributed by atoms with Crippen LogP contribution in [0.15, 0.2) is 78.9 Å². The number of carbonyl (C=O) groups is 2. The largest absolute Gasteiger partial charge is 0.489 e. The van der Waals surface area contributed by atoms with E-state index in [0.29, 0.717) is 43.2 Å². The quantitative estimate of drug-likeness (QED) is 0.234. The minimum absolute atomic E-state index is 0.00843. The molecule has 0 bridgehead atoms. The van der Waals surface area contributed by atoms with Gasteiger partial charge in [0.15, 0.2) is 0 Å². The maximum Gasteiger partial charge on any atom is 0.339 e. The van der Waals surface area contributed by atoms with Gasteiger partial charge in [-0.25, -0.2) is 4.79 Å². The molecule has 1 saturated heterocycles. The molecule has 3 aromatic carbocycles. The van der Waals surface area contributed by atoms with E-state index in [1.54, 1.807) is 0 Å². The number of rotatable bonds is 8. The first-order chi connectivity index (χ1) is 22.6. The molecule has 1 amide bonds. The van der Waals surface area contributed by atoms with Crippen LogP contribution in [0.25, 0.3) is 11.3 Å². The lowest BCUT2D eigenvalue weighted by molar-refractivity contribution is 0.0193. The van der Waals surface area contributed by atoms with Gasteiger partial charge in [0.25, 0.3) is 5.91 Å². The highest BCUT2D eigenvalue weighted by Gasteiger charge is 2.34. The van der Waals surface area contributed by atoms with E-state index in [-0.39, 0.29) is 17.9 Å². The van der Waals surface area contributed by atoms with Crippen LogP contribution in [0.3, 0.4) is 0 Å². The lowest BCUT2D eigenvalue weighted by Crippen LogP contribution is -2.52. The summed E-state index contributed by atoms with van der Waals surface area (Å²) in [6, 6.07) is 26.2. The minimum atomic E-state index is -0.342. The Labute approximate surface area is 270 Å². The second kappa shape index (κ2) is 13.5. The lowest BCUT2D eigenvalue weighted by atomic mass is 9.92. The number of hydrogen-bond acceptors (Lipinski definition) is 6. The first kappa shape index (κ1) is 30.3. The van der Waals surface area contributed by atoms with Crippen molar-refractivity contribution in [2.45, 2.75) is 51.4 Å². The number of amides is 1. The third-order valence-corrected chi connectivity index (χ3v) is 9.59. The Kier molecular flexibility index (Phi) is 8.90. The van der Waals surface area contributed by atoms with Crippen molar-refractivity contribution in [2.24, 2.45) is 0 Å². The molecule has 7 rings (SSSR count). The average molecular weight is 620 g/mol. The molecule has 0 aliphatic carbocycles. The van der Waals surface area contributed by atoms with Gasteiger partial charge in [0.1, 0.15) is 12.4 Å². The van der Waals surface area contributed by atoms with E-state index in [1.165, 1.54) is 18.2 Å². The van der Waals surface area contributed by atoms with E-state index in [9.17, 15) is 9.59 Å². The van der Waals surface area contributed by atoms with E-state index in [1.807, 2.05) is 54.6 Å². The molecular formula is C38H41N3O5. The van der Waals surface area contributed by atoms with Gasteiger partial charge in [-0.1, -0.05) is 54.6 Å². The predicted molar refractivity (Wildman–Crippen MR) is 176 cm³/mol. The Hall–Kier alpha value is -4.40. The van der Waals surface area contributed by atoms with Crippen LogP contribution >= 0.6 is 0 Å². The van der Waals surface area contributed by atoms with Crippen LogP contribution in [-0.2, 0) is 42.0 Å². The second-order valence-electron chi connectivity index (χ2n) is 12.4. The molecule has 0 N–H and O–H groups in total. The van der Waals surface area contributed by atoms with E-state index in [0.717, 1.165) is 74.4 Å². The molecule has 1 fully saturated rings. The Balaban J connectivity index is 1.30. The van der Waals surface area contributed by atoms with Crippen molar-refractivity contribution in [1.82, 2.24) is 14.4 Å². The number of morpholine rings is 1. The van der Waals surface area contributed by atoms with Gasteiger partial charge in [-0.3, -0.25) is 9.69 Å². The highest BCUT2D eigenvalue weighted by Crippen LogP contribution is 2.36. The van der Waals surface area contributed by atoms with Crippen molar-refractivity contribution < 1.29 is 23.8 Å². The van der Waals surface area contributed by atoms with Gasteiger partial charge in [-0.15, -0.1) is 0 Å². The van der Waals surface area contributed by atoms with Gasteiger partial charge < -0.3 is 23.7 Å². The van der Waals surface area contributed by atoms with Gasteiger partial charge in [0.2, 0.25) is 0 Å². The number of aromatic nitrogens is 1. The van der Waals surface area contributed by atoms with Crippen molar-refractivity contribution in [3.8, 4) is 17.0 Å². The molecule has 46 heavy (non-hydrogen) atoms. The molecule has 0 saturated carbocycles. The number of benzene rings is 3. The average Bonchev–Trinajstić information content (AvgIpc) is 3.50. The fourth-order valence-electron chi connectivity index (χ4n) is 7.17. The zero-order valence-electron chi connectivity index (χ0n) is 26.5. The second-order valence-corrected chi connectivity index (χ2v) is 12.4. The maximum absolute atomic E-state index is 15.0. The number of hydrogen-bond donors (Lipinski definition) is 0. The van der Waals surface area contributed by atoms with Crippen molar-refractivity contribution >= 4 is 11.9 Å². The zero-order valence-corrected chi connectivity index (χ0v) is 26.5. The molecule has 3 aliphatic heterocycles. The van der Waals surface area contributed by atoms with Crippen LogP contribution in [-0.4, -0.2) is 72.2 Å². The van der Waals surface area contributed by atoms with Crippen LogP contribution in [0.2, 0.25) is 0 Å². The highest BCUT2D eigenvalue weighted by molar-refractivity contribution is 6.02. The molecule has 0 radical (unpaired) electrons. The van der Waals surface area contributed by atoms with Gasteiger partial charge in [0.05, 0.1) is 31.5 Å². The number of nitrogens with zero attached hydrogens (tertiary/aromatic N) is 3. The number of ether oxygens (including phenoxy) is 3. The van der Waals surface area contributed by atoms with Crippen molar-refractivity contribution in [3.05, 3.63) is 112 Å². The number of esters is 1. The molecule has 4 heterocycles. The number of carbonyl (C=O) groups excluding carboxylic acids is 2. The number of methoxy groups -OCH3 is 1. The molecule has 8 nitrogen and oxygen atoms in total. The standard InChI is InChI=1S/C38H41N3O5/c1-44-38(43)34-23-36(40-16-8-7-13-35(34)40)32-15-14-31(46-26-27-9-3-2-4-10-27)22-33(32)37(42)41-24-29-12-6-5-11-28(29)21-30(41)25-39-17-19-45-20-18-39/h2-6,9-12,14-15,22-23,30H,7-8,13,16-21,24-26H2,1H3/t30-/m0/s1. The predicted octanol–water partition coefficient (Wildman–Crippen LogP) is 5.76. The van der Waals surface area contributed by atoms with Crippen LogP contribution in [0.4, 0.5) is 0 Å². The van der Waals surface area contributed by atoms with Gasteiger partial charge in [-0.05, 0) is 66.6 Å². The third-order valence-electron chi connectivity index (χ3n) is 9.59. The summed E-state index contributed by atoms with van der Waals surface area (Å²) in [4.78, 5) is 32.3. The van der Waals surface area contributed by atoms with Gasteiger partial charge in [0, 0.05) is 55.7 Å². The van der Waals surface area contributed by atoms with Crippen molar-refractivity contribution in [2.75, 3.05) is 40.0 Å². The summed E-state index contributed by atoms with van der Waals surface area (Å²) >= 11 is 0. The lowest BCUT2D eigenvalue weighted by Gasteiger charge is -2.40. The molecule has 1 aromatic heterocycles. The fourth-order valence-corrected chi connectivity index (χ4v) is 7.17. The van der Waals surface area contributed by atoms with Crippen molar-refractivity contribution in [1.29, 1.82) is 0 Å². The van der Waals surface area contributed by atoms with Gasteiger partial charge >= 0.3 is 5.97 Å². The summed E-state index contributed by atoms with van der Waals surface area (Å²) in [5.41, 5.74) is 7.36. The van der Waals surface area contributed by atoms with Crippen molar-refractivity contribution in [3.63, 3.8) is 0 Å².